The Labute approximate surface area is 284 Å². The molecular weight excluding hydrogens is 733 g/mol. The van der Waals surface area contributed by atoms with E-state index in [1.165, 1.54) is 77.8 Å². The van der Waals surface area contributed by atoms with Gasteiger partial charge in [-0.2, -0.15) is 0 Å². The average Bonchev–Trinajstić information content (AvgIpc) is 3.48. The summed E-state index contributed by atoms with van der Waals surface area (Å²) >= 11 is 0. The van der Waals surface area contributed by atoms with Gasteiger partial charge in [0.05, 0.1) is 5.69 Å². The maximum absolute atomic E-state index is 4.80. The van der Waals surface area contributed by atoms with Crippen molar-refractivity contribution in [3.8, 4) is 0 Å². The first-order chi connectivity index (χ1) is 20.9. The Hall–Kier alpha value is -3.83. The largest absolute Gasteiger partial charge is 0.656 e. The van der Waals surface area contributed by atoms with Crippen LogP contribution in [-0.4, -0.2) is 4.98 Å². The summed E-state index contributed by atoms with van der Waals surface area (Å²) in [5.74, 6) is 0.979. The van der Waals surface area contributed by atoms with Crippen LogP contribution in [0.3, 0.4) is 0 Å². The number of aryl methyl sites for hydroxylation is 10. The van der Waals surface area contributed by atoms with Crippen molar-refractivity contribution >= 4 is 44.7 Å². The summed E-state index contributed by atoms with van der Waals surface area (Å²) in [6.45, 7) is 23.8. The quantitative estimate of drug-likeness (QED) is 0.130. The minimum Gasteiger partial charge on any atom is -0.656 e. The van der Waals surface area contributed by atoms with Crippen molar-refractivity contribution in [2.75, 3.05) is 9.80 Å². The number of fused-ring (bicyclic) bond motifs is 4. The number of rotatable bonds is 2. The number of hydrogen-bond acceptors (Lipinski definition) is 3. The third kappa shape index (κ3) is 5.95. The van der Waals surface area contributed by atoms with Crippen LogP contribution in [0.2, 0.25) is 0 Å². The van der Waals surface area contributed by atoms with Gasteiger partial charge in [0.1, 0.15) is 5.82 Å². The number of pyridine rings is 1. The Kier molecular flexibility index (Phi) is 9.06. The molecule has 0 saturated heterocycles. The molecule has 0 saturated carbocycles. The first-order valence-corrected chi connectivity index (χ1v) is 15.4. The summed E-state index contributed by atoms with van der Waals surface area (Å²) in [7, 11) is 0. The van der Waals surface area contributed by atoms with Gasteiger partial charge in [0.15, 0.2) is 0 Å². The second-order valence-electron chi connectivity index (χ2n) is 12.8. The molecule has 2 aromatic heterocycles. The number of benzene rings is 4. The molecule has 1 radical (unpaired) electrons. The molecule has 4 nitrogen and oxygen atoms in total. The van der Waals surface area contributed by atoms with E-state index in [0.717, 1.165) is 22.5 Å². The van der Waals surface area contributed by atoms with E-state index in [0.29, 0.717) is 0 Å². The zero-order chi connectivity index (χ0) is 31.4. The predicted octanol–water partition coefficient (Wildman–Crippen LogP) is 10.5. The van der Waals surface area contributed by atoms with Crippen molar-refractivity contribution < 1.29 is 22.4 Å². The van der Waals surface area contributed by atoms with Gasteiger partial charge in [-0.1, -0.05) is 81.9 Å². The molecule has 0 atom stereocenters. The van der Waals surface area contributed by atoms with Crippen LogP contribution in [0.15, 0.2) is 66.9 Å². The molecule has 1 aliphatic rings. The minimum absolute atomic E-state index is 0. The van der Waals surface area contributed by atoms with E-state index in [2.05, 4.69) is 140 Å². The summed E-state index contributed by atoms with van der Waals surface area (Å²) in [6.07, 6.45) is 1.87. The molecule has 0 unspecified atom stereocenters. The first kappa shape index (κ1) is 32.6. The first-order valence-electron chi connectivity index (χ1n) is 15.4. The van der Waals surface area contributed by atoms with Gasteiger partial charge in [-0.3, -0.25) is 0 Å². The number of hydrogen-bond donors (Lipinski definition) is 0. The molecule has 3 heterocycles. The molecule has 6 aromatic rings. The molecule has 0 spiro atoms. The third-order valence-corrected chi connectivity index (χ3v) is 8.64. The van der Waals surface area contributed by atoms with Gasteiger partial charge in [0, 0.05) is 40.0 Å². The second kappa shape index (κ2) is 12.5. The Morgan fingerprint density at radius 1 is 0.533 bits per heavy atom. The topological polar surface area (TPSA) is 33.5 Å². The Morgan fingerprint density at radius 3 is 1.40 bits per heavy atom. The van der Waals surface area contributed by atoms with Crippen LogP contribution < -0.4 is 14.8 Å². The van der Waals surface area contributed by atoms with E-state index < -0.39 is 0 Å². The van der Waals surface area contributed by atoms with Crippen molar-refractivity contribution in [1.29, 1.82) is 0 Å². The van der Waals surface area contributed by atoms with Crippen molar-refractivity contribution in [3.63, 3.8) is 0 Å². The Bertz CT molecular complexity index is 1880. The molecule has 235 valence electrons. The minimum atomic E-state index is 0. The molecule has 5 heteroatoms. The van der Waals surface area contributed by atoms with E-state index in [-0.39, 0.29) is 22.4 Å². The smallest absolute Gasteiger partial charge is 0.126 e. The van der Waals surface area contributed by atoms with Gasteiger partial charge in [-0.05, 0) is 114 Å². The molecule has 0 bridgehead atoms. The van der Waals surface area contributed by atoms with Crippen LogP contribution in [0.4, 0.5) is 22.9 Å². The van der Waals surface area contributed by atoms with Gasteiger partial charge in [0.25, 0.3) is 0 Å². The molecule has 1 aliphatic heterocycles. The predicted molar refractivity (Wildman–Crippen MR) is 188 cm³/mol. The van der Waals surface area contributed by atoms with Gasteiger partial charge < -0.3 is 14.8 Å². The van der Waals surface area contributed by atoms with Crippen molar-refractivity contribution in [2.45, 2.75) is 69.2 Å². The van der Waals surface area contributed by atoms with Gasteiger partial charge in [0.2, 0.25) is 0 Å². The van der Waals surface area contributed by atoms with E-state index in [9.17, 15) is 0 Å². The molecule has 7 rings (SSSR count). The fourth-order valence-corrected chi connectivity index (χ4v) is 7.18. The molecule has 0 fully saturated rings. The van der Waals surface area contributed by atoms with Crippen LogP contribution >= 0.6 is 0 Å². The molecule has 0 N–H and O–H groups in total. The van der Waals surface area contributed by atoms with Gasteiger partial charge in [-0.15, -0.1) is 17.7 Å². The monoisotopic (exact) mass is 775 g/mol. The van der Waals surface area contributed by atoms with Crippen LogP contribution in [-0.2, 0) is 22.4 Å². The maximum Gasteiger partial charge on any atom is 0.126 e. The zero-order valence-electron chi connectivity index (χ0n) is 28.0. The molecule has 45 heavy (non-hydrogen) atoms. The summed E-state index contributed by atoms with van der Waals surface area (Å²) in [6, 6.07) is 22.0. The number of aromatic nitrogens is 2. The summed E-state index contributed by atoms with van der Waals surface area (Å²) in [5, 5.41) is 2.59. The van der Waals surface area contributed by atoms with E-state index in [1.807, 2.05) is 12.3 Å². The normalized spacial score (nSPS) is 12.3. The van der Waals surface area contributed by atoms with E-state index in [1.54, 1.807) is 0 Å². The molecule has 0 aliphatic carbocycles. The van der Waals surface area contributed by atoms with Crippen LogP contribution in [0.25, 0.3) is 21.8 Å². The fraction of sp³-hybridized carbons (Fsp3) is 0.250. The molecule has 4 aromatic carbocycles. The summed E-state index contributed by atoms with van der Waals surface area (Å²) < 4.78 is 0. The van der Waals surface area contributed by atoms with Gasteiger partial charge >= 0.3 is 0 Å². The van der Waals surface area contributed by atoms with Crippen LogP contribution in [0.1, 0.15) is 55.6 Å². The summed E-state index contributed by atoms with van der Waals surface area (Å²) in [4.78, 5) is 14.0. The standard InChI is InChI=1S/C24H26N3.C16H16N.Au/c1-15-10-17(3)22(18(4)11-15)26-14-27(24-21(26)8-7-9-25-24)23-19(5)12-16(2)13-20(23)6;1-9-5-11(3)15-13(7-9)14-8-10(2)6-12(4)16(14)17-15;/h7-14H,1-6H3;5-8H,1-4H3;/q2*-1;. The third-order valence-electron chi connectivity index (χ3n) is 8.64. The van der Waals surface area contributed by atoms with Crippen molar-refractivity contribution in [2.24, 2.45) is 0 Å². The van der Waals surface area contributed by atoms with Gasteiger partial charge in [-0.25, -0.2) is 4.98 Å². The Balaban J connectivity index is 0.000000192. The number of nitrogens with zero attached hydrogens (tertiary/aromatic N) is 4. The maximum atomic E-state index is 4.80. The van der Waals surface area contributed by atoms with Crippen LogP contribution in [0, 0.1) is 75.9 Å². The number of anilines is 4. The van der Waals surface area contributed by atoms with Crippen LogP contribution in [0.5, 0.6) is 0 Å². The van der Waals surface area contributed by atoms with Crippen molar-refractivity contribution in [3.05, 3.63) is 129 Å². The SMILES string of the molecule is Cc1cc(C)c(N2[CH-]N(c3c(C)cc(C)cc3C)c3ncccc32)c(C)c1.Cc1cc(C)c2[n-]c3c(C)cc(C)cc3c2c1.[Au]. The fourth-order valence-electron chi connectivity index (χ4n) is 7.18. The van der Waals surface area contributed by atoms with E-state index in [4.69, 9.17) is 9.97 Å². The second-order valence-corrected chi connectivity index (χ2v) is 12.8. The van der Waals surface area contributed by atoms with Crippen molar-refractivity contribution in [1.82, 2.24) is 9.97 Å². The van der Waals surface area contributed by atoms with E-state index >= 15 is 0 Å². The molecule has 0 amide bonds. The summed E-state index contributed by atoms with van der Waals surface area (Å²) in [5.41, 5.74) is 18.7. The average molecular weight is 776 g/mol. The zero-order valence-corrected chi connectivity index (χ0v) is 30.2. The Morgan fingerprint density at radius 2 is 0.933 bits per heavy atom. The molecular formula is C40H42AuN4-2.